The van der Waals surface area contributed by atoms with Crippen LogP contribution in [-0.4, -0.2) is 37.0 Å². The average molecular weight is 277 g/mol. The quantitative estimate of drug-likeness (QED) is 0.849. The number of halogens is 3. The fourth-order valence-electron chi connectivity index (χ4n) is 1.91. The van der Waals surface area contributed by atoms with E-state index in [-0.39, 0.29) is 23.9 Å². The summed E-state index contributed by atoms with van der Waals surface area (Å²) in [6.07, 6.45) is 0.851. The third-order valence-electron chi connectivity index (χ3n) is 2.74. The summed E-state index contributed by atoms with van der Waals surface area (Å²) in [5, 5.41) is 3.16. The Labute approximate surface area is 111 Å². The highest BCUT2D eigenvalue weighted by molar-refractivity contribution is 5.94. The first-order valence-electron chi connectivity index (χ1n) is 5.63. The first-order chi connectivity index (χ1) is 8.16. The summed E-state index contributed by atoms with van der Waals surface area (Å²) in [6.45, 7) is 2.76. The maximum absolute atomic E-state index is 13.0. The van der Waals surface area contributed by atoms with Crippen molar-refractivity contribution in [2.24, 2.45) is 0 Å². The highest BCUT2D eigenvalue weighted by Gasteiger charge is 2.18. The molecule has 1 fully saturated rings. The molecule has 18 heavy (non-hydrogen) atoms. The Morgan fingerprint density at radius 1 is 1.11 bits per heavy atom. The lowest BCUT2D eigenvalue weighted by Gasteiger charge is -2.19. The van der Waals surface area contributed by atoms with Crippen LogP contribution in [0.2, 0.25) is 0 Å². The van der Waals surface area contributed by atoms with Crippen molar-refractivity contribution in [3.63, 3.8) is 0 Å². The van der Waals surface area contributed by atoms with Crippen molar-refractivity contribution in [3.8, 4) is 0 Å². The number of hydrogen-bond acceptors (Lipinski definition) is 2. The van der Waals surface area contributed by atoms with Gasteiger partial charge in [0, 0.05) is 31.3 Å². The Morgan fingerprint density at radius 3 is 2.44 bits per heavy atom. The normalized spacial score (nSPS) is 15.8. The Balaban J connectivity index is 0.00000162. The van der Waals surface area contributed by atoms with Crippen LogP contribution in [0.1, 0.15) is 16.8 Å². The first kappa shape index (κ1) is 14.9. The minimum Gasteiger partial charge on any atom is -0.337 e. The van der Waals surface area contributed by atoms with Crippen LogP contribution in [0, 0.1) is 11.6 Å². The minimum absolute atomic E-state index is 0. The van der Waals surface area contributed by atoms with E-state index in [1.54, 1.807) is 4.90 Å². The highest BCUT2D eigenvalue weighted by atomic mass is 35.5. The van der Waals surface area contributed by atoms with Crippen molar-refractivity contribution in [1.82, 2.24) is 10.2 Å². The van der Waals surface area contributed by atoms with Gasteiger partial charge in [0.05, 0.1) is 0 Å². The fraction of sp³-hybridized carbons (Fsp3) is 0.417. The molecule has 1 heterocycles. The summed E-state index contributed by atoms with van der Waals surface area (Å²) in [6, 6.07) is 2.91. The van der Waals surface area contributed by atoms with Crippen LogP contribution in [0.15, 0.2) is 18.2 Å². The van der Waals surface area contributed by atoms with Gasteiger partial charge in [0.2, 0.25) is 0 Å². The predicted octanol–water partition coefficient (Wildman–Crippen LogP) is 1.82. The van der Waals surface area contributed by atoms with E-state index in [9.17, 15) is 13.6 Å². The van der Waals surface area contributed by atoms with Gasteiger partial charge in [-0.15, -0.1) is 12.4 Å². The van der Waals surface area contributed by atoms with Gasteiger partial charge in [0.15, 0.2) is 0 Å². The zero-order valence-corrected chi connectivity index (χ0v) is 10.6. The van der Waals surface area contributed by atoms with Crippen LogP contribution >= 0.6 is 12.4 Å². The van der Waals surface area contributed by atoms with Crippen LogP contribution in [0.25, 0.3) is 0 Å². The maximum atomic E-state index is 13.0. The van der Waals surface area contributed by atoms with Crippen molar-refractivity contribution in [3.05, 3.63) is 35.4 Å². The van der Waals surface area contributed by atoms with Gasteiger partial charge in [0.25, 0.3) is 5.91 Å². The van der Waals surface area contributed by atoms with Crippen LogP contribution < -0.4 is 5.32 Å². The van der Waals surface area contributed by atoms with Crippen molar-refractivity contribution >= 4 is 18.3 Å². The molecular formula is C12H15ClF2N2O. The summed E-state index contributed by atoms with van der Waals surface area (Å²) in [4.78, 5) is 13.6. The van der Waals surface area contributed by atoms with E-state index in [2.05, 4.69) is 5.32 Å². The SMILES string of the molecule is Cl.O=C(c1cc(F)cc(F)c1)N1CCCNCC1. The van der Waals surface area contributed by atoms with Crippen molar-refractivity contribution in [2.75, 3.05) is 26.2 Å². The van der Waals surface area contributed by atoms with Gasteiger partial charge in [-0.2, -0.15) is 0 Å². The van der Waals surface area contributed by atoms with E-state index in [4.69, 9.17) is 0 Å². The van der Waals surface area contributed by atoms with E-state index < -0.39 is 11.6 Å². The average Bonchev–Trinajstić information content (AvgIpc) is 2.55. The molecule has 1 amide bonds. The third-order valence-corrected chi connectivity index (χ3v) is 2.74. The molecular weight excluding hydrogens is 262 g/mol. The molecule has 1 aromatic rings. The number of rotatable bonds is 1. The maximum Gasteiger partial charge on any atom is 0.254 e. The predicted molar refractivity (Wildman–Crippen MR) is 67.0 cm³/mol. The molecule has 0 atom stereocenters. The zero-order chi connectivity index (χ0) is 12.3. The molecule has 3 nitrogen and oxygen atoms in total. The Kier molecular flexibility index (Phi) is 5.50. The molecule has 0 unspecified atom stereocenters. The second-order valence-corrected chi connectivity index (χ2v) is 4.05. The van der Waals surface area contributed by atoms with Gasteiger partial charge in [-0.3, -0.25) is 4.79 Å². The van der Waals surface area contributed by atoms with Crippen molar-refractivity contribution in [1.29, 1.82) is 0 Å². The largest absolute Gasteiger partial charge is 0.337 e. The third kappa shape index (κ3) is 3.65. The molecule has 0 aliphatic carbocycles. The topological polar surface area (TPSA) is 32.3 Å². The summed E-state index contributed by atoms with van der Waals surface area (Å²) in [7, 11) is 0. The number of amides is 1. The second-order valence-electron chi connectivity index (χ2n) is 4.05. The molecule has 0 saturated carbocycles. The van der Waals surface area contributed by atoms with E-state index in [1.807, 2.05) is 0 Å². The molecule has 100 valence electrons. The van der Waals surface area contributed by atoms with Crippen molar-refractivity contribution in [2.45, 2.75) is 6.42 Å². The van der Waals surface area contributed by atoms with E-state index in [0.29, 0.717) is 19.6 Å². The number of carbonyl (C=O) groups is 1. The molecule has 2 rings (SSSR count). The Bertz CT molecular complexity index is 400. The molecule has 1 aromatic carbocycles. The van der Waals surface area contributed by atoms with Gasteiger partial charge in [0.1, 0.15) is 11.6 Å². The molecule has 1 aliphatic heterocycles. The molecule has 1 saturated heterocycles. The Morgan fingerprint density at radius 2 is 1.78 bits per heavy atom. The summed E-state index contributed by atoms with van der Waals surface area (Å²) < 4.78 is 26.0. The summed E-state index contributed by atoms with van der Waals surface area (Å²) in [5.74, 6) is -1.75. The number of benzene rings is 1. The fourth-order valence-corrected chi connectivity index (χ4v) is 1.91. The van der Waals surface area contributed by atoms with Gasteiger partial charge in [-0.25, -0.2) is 8.78 Å². The summed E-state index contributed by atoms with van der Waals surface area (Å²) >= 11 is 0. The van der Waals surface area contributed by atoms with Crippen LogP contribution in [0.4, 0.5) is 8.78 Å². The van der Waals surface area contributed by atoms with Gasteiger partial charge >= 0.3 is 0 Å². The molecule has 6 heteroatoms. The molecule has 1 aliphatic rings. The summed E-state index contributed by atoms with van der Waals surface area (Å²) in [5.41, 5.74) is 0.0735. The van der Waals surface area contributed by atoms with E-state index in [1.165, 1.54) is 0 Å². The molecule has 0 aromatic heterocycles. The number of nitrogens with zero attached hydrogens (tertiary/aromatic N) is 1. The Hall–Kier alpha value is -1.20. The van der Waals surface area contributed by atoms with E-state index in [0.717, 1.165) is 31.2 Å². The molecule has 0 spiro atoms. The number of nitrogens with one attached hydrogen (secondary N) is 1. The van der Waals surface area contributed by atoms with Crippen LogP contribution in [0.5, 0.6) is 0 Å². The number of carbonyl (C=O) groups excluding carboxylic acids is 1. The second kappa shape index (κ2) is 6.66. The molecule has 0 radical (unpaired) electrons. The zero-order valence-electron chi connectivity index (χ0n) is 9.79. The van der Waals surface area contributed by atoms with Gasteiger partial charge in [-0.05, 0) is 25.1 Å². The van der Waals surface area contributed by atoms with Crippen LogP contribution in [0.3, 0.4) is 0 Å². The van der Waals surface area contributed by atoms with Crippen LogP contribution in [-0.2, 0) is 0 Å². The van der Waals surface area contributed by atoms with E-state index >= 15 is 0 Å². The van der Waals surface area contributed by atoms with Gasteiger partial charge < -0.3 is 10.2 Å². The lowest BCUT2D eigenvalue weighted by molar-refractivity contribution is 0.0765. The monoisotopic (exact) mass is 276 g/mol. The smallest absolute Gasteiger partial charge is 0.254 e. The lowest BCUT2D eigenvalue weighted by atomic mass is 10.2. The lowest BCUT2D eigenvalue weighted by Crippen LogP contribution is -2.34. The highest BCUT2D eigenvalue weighted by Crippen LogP contribution is 2.11. The number of hydrogen-bond donors (Lipinski definition) is 1. The molecule has 1 N–H and O–H groups in total. The first-order valence-corrected chi connectivity index (χ1v) is 5.63. The molecule has 0 bridgehead atoms. The standard InChI is InChI=1S/C12H14F2N2O.ClH/c13-10-6-9(7-11(14)8-10)12(17)16-4-1-2-15-3-5-16;/h6-8,15H,1-5H2;1H. The van der Waals surface area contributed by atoms with Gasteiger partial charge in [-0.1, -0.05) is 0 Å². The van der Waals surface area contributed by atoms with Crippen molar-refractivity contribution < 1.29 is 13.6 Å². The minimum atomic E-state index is -0.721.